The largest absolute Gasteiger partial charge is 0.370 e. The van der Waals surface area contributed by atoms with Crippen LogP contribution in [0.3, 0.4) is 0 Å². The van der Waals surface area contributed by atoms with E-state index in [1.807, 2.05) is 0 Å². The fourth-order valence-corrected chi connectivity index (χ4v) is 1.39. The summed E-state index contributed by atoms with van der Waals surface area (Å²) in [6, 6.07) is 0.566. The molecule has 0 amide bonds. The number of alkyl halides is 2. The van der Waals surface area contributed by atoms with Gasteiger partial charge in [0.15, 0.2) is 0 Å². The Morgan fingerprint density at radius 3 is 2.75 bits per heavy atom. The molecular weight excluding hydrogens is 330 g/mol. The van der Waals surface area contributed by atoms with Crippen molar-refractivity contribution < 1.29 is 0 Å². The first-order chi connectivity index (χ1) is 3.80. The Hall–Kier alpha value is 0.930. The zero-order valence-electron chi connectivity index (χ0n) is 4.14. The molecule has 1 aliphatic rings. The van der Waals surface area contributed by atoms with E-state index in [1.54, 1.807) is 6.34 Å². The van der Waals surface area contributed by atoms with E-state index >= 15 is 0 Å². The second-order valence-corrected chi connectivity index (χ2v) is 6.67. The van der Waals surface area contributed by atoms with E-state index in [0.717, 1.165) is 6.54 Å². The van der Waals surface area contributed by atoms with Crippen molar-refractivity contribution in [1.82, 2.24) is 5.32 Å². The van der Waals surface area contributed by atoms with Gasteiger partial charge in [-0.05, 0) is 0 Å². The first-order valence-electron chi connectivity index (χ1n) is 2.33. The third kappa shape index (κ3) is 1.71. The maximum absolute atomic E-state index is 4.04. The summed E-state index contributed by atoms with van der Waals surface area (Å²) in [5, 5.41) is 3.15. The second kappa shape index (κ2) is 3.19. The van der Waals surface area contributed by atoms with Gasteiger partial charge < -0.3 is 5.32 Å². The highest BCUT2D eigenvalue weighted by atomic mass is 127. The summed E-state index contributed by atoms with van der Waals surface area (Å²) in [6.07, 6.45) is 1.79. The van der Waals surface area contributed by atoms with Crippen molar-refractivity contribution in [3.63, 3.8) is 0 Å². The number of rotatable bonds is 1. The molecule has 1 rings (SSSR count). The van der Waals surface area contributed by atoms with Gasteiger partial charge >= 0.3 is 0 Å². The topological polar surface area (TPSA) is 24.4 Å². The van der Waals surface area contributed by atoms with Gasteiger partial charge in [-0.1, -0.05) is 45.2 Å². The van der Waals surface area contributed by atoms with E-state index < -0.39 is 0 Å². The molecule has 0 saturated heterocycles. The molecule has 4 heteroatoms. The van der Waals surface area contributed by atoms with Crippen molar-refractivity contribution in [1.29, 1.82) is 0 Å². The lowest BCUT2D eigenvalue weighted by atomic mass is 10.4. The lowest BCUT2D eigenvalue weighted by Crippen LogP contribution is -2.30. The number of hydrogen-bond acceptors (Lipinski definition) is 2. The second-order valence-electron chi connectivity index (χ2n) is 1.60. The van der Waals surface area contributed by atoms with Crippen LogP contribution < -0.4 is 5.32 Å². The zero-order chi connectivity index (χ0) is 5.98. The van der Waals surface area contributed by atoms with Gasteiger partial charge in [-0.25, -0.2) is 0 Å². The van der Waals surface area contributed by atoms with Crippen LogP contribution >= 0.6 is 45.2 Å². The van der Waals surface area contributed by atoms with Gasteiger partial charge in [0, 0.05) is 0 Å². The molecule has 0 aromatic rings. The van der Waals surface area contributed by atoms with Gasteiger partial charge in [0.2, 0.25) is 0 Å². The Bertz CT molecular complexity index is 94.2. The Labute approximate surface area is 75.8 Å². The van der Waals surface area contributed by atoms with Gasteiger partial charge in [0.1, 0.15) is 0 Å². The van der Waals surface area contributed by atoms with Crippen LogP contribution in [0.1, 0.15) is 0 Å². The van der Waals surface area contributed by atoms with Crippen molar-refractivity contribution in [2.45, 2.75) is 7.97 Å². The monoisotopic (exact) mass is 336 g/mol. The highest BCUT2D eigenvalue weighted by Gasteiger charge is 2.15. The number of nitrogens with zero attached hydrogens (tertiary/aromatic N) is 1. The molecule has 1 atom stereocenters. The molecule has 1 unspecified atom stereocenters. The predicted octanol–water partition coefficient (Wildman–Crippen LogP) is 1.18. The van der Waals surface area contributed by atoms with Crippen LogP contribution in [0.4, 0.5) is 0 Å². The molecule has 2 nitrogen and oxygen atoms in total. The van der Waals surface area contributed by atoms with Gasteiger partial charge in [0.25, 0.3) is 0 Å². The highest BCUT2D eigenvalue weighted by Crippen LogP contribution is 2.15. The van der Waals surface area contributed by atoms with Crippen molar-refractivity contribution in [2.24, 2.45) is 4.99 Å². The molecule has 0 radical (unpaired) electrons. The molecule has 1 N–H and O–H groups in total. The summed E-state index contributed by atoms with van der Waals surface area (Å²) in [7, 11) is 0. The van der Waals surface area contributed by atoms with Crippen molar-refractivity contribution in [3.05, 3.63) is 0 Å². The average Bonchev–Trinajstić information content (AvgIpc) is 2.12. The Kier molecular flexibility index (Phi) is 2.81. The number of aliphatic imine (C=N–C) groups is 1. The van der Waals surface area contributed by atoms with Crippen LogP contribution in [0.2, 0.25) is 0 Å². The van der Waals surface area contributed by atoms with E-state index in [4.69, 9.17) is 0 Å². The summed E-state index contributed by atoms with van der Waals surface area (Å²) in [5.41, 5.74) is 0. The van der Waals surface area contributed by atoms with E-state index in [9.17, 15) is 0 Å². The summed E-state index contributed by atoms with van der Waals surface area (Å²) >= 11 is 4.78. The van der Waals surface area contributed by atoms with Crippen molar-refractivity contribution in [2.75, 3.05) is 6.54 Å². The average molecular weight is 336 g/mol. The molecule has 0 fully saturated rings. The fraction of sp³-hybridized carbons (Fsp3) is 0.750. The lowest BCUT2D eigenvalue weighted by molar-refractivity contribution is 0.739. The van der Waals surface area contributed by atoms with Crippen LogP contribution in [0, 0.1) is 0 Å². The highest BCUT2D eigenvalue weighted by molar-refractivity contribution is 14.2. The maximum atomic E-state index is 4.04. The number of halogens is 2. The Balaban J connectivity index is 2.29. The quantitative estimate of drug-likeness (QED) is 0.565. The van der Waals surface area contributed by atoms with Crippen LogP contribution in [0.15, 0.2) is 4.99 Å². The molecule has 0 aromatic carbocycles. The van der Waals surface area contributed by atoms with Crippen LogP contribution in [0.25, 0.3) is 0 Å². The molecule has 46 valence electrons. The summed E-state index contributed by atoms with van der Waals surface area (Å²) < 4.78 is 0.646. The van der Waals surface area contributed by atoms with Gasteiger partial charge in [-0.3, -0.25) is 4.99 Å². The standard InChI is InChI=1S/C4H6I2N2/c5-4(6)3-1-7-2-8-3/h2-4H,1H2,(H,7,8). The van der Waals surface area contributed by atoms with E-state index in [1.165, 1.54) is 0 Å². The van der Waals surface area contributed by atoms with Gasteiger partial charge in [0.05, 0.1) is 20.9 Å². The SMILES string of the molecule is IC(I)C1CN=CN1. The first-order valence-corrected chi connectivity index (χ1v) is 4.82. The first kappa shape index (κ1) is 7.04. The third-order valence-corrected chi connectivity index (χ3v) is 2.72. The minimum Gasteiger partial charge on any atom is -0.370 e. The summed E-state index contributed by atoms with van der Waals surface area (Å²) in [4.78, 5) is 4.04. The maximum Gasteiger partial charge on any atom is 0.0845 e. The molecule has 1 heterocycles. The Morgan fingerprint density at radius 1 is 1.75 bits per heavy atom. The minimum absolute atomic E-state index is 0.566. The molecule has 1 aliphatic heterocycles. The smallest absolute Gasteiger partial charge is 0.0845 e. The zero-order valence-corrected chi connectivity index (χ0v) is 8.46. The molecule has 8 heavy (non-hydrogen) atoms. The summed E-state index contributed by atoms with van der Waals surface area (Å²) in [6.45, 7) is 0.941. The predicted molar refractivity (Wildman–Crippen MR) is 52.1 cm³/mol. The molecule has 0 saturated carbocycles. The fourth-order valence-electron chi connectivity index (χ4n) is 0.520. The number of nitrogens with one attached hydrogen (secondary N) is 1. The third-order valence-electron chi connectivity index (χ3n) is 0.986. The molecule has 0 spiro atoms. The van der Waals surface area contributed by atoms with Crippen LogP contribution in [0.5, 0.6) is 0 Å². The van der Waals surface area contributed by atoms with Crippen LogP contribution in [-0.2, 0) is 0 Å². The normalized spacial score (nSPS) is 26.6. The molecular formula is C4H6I2N2. The number of hydrogen-bond donors (Lipinski definition) is 1. The van der Waals surface area contributed by atoms with E-state index in [0.29, 0.717) is 7.97 Å². The van der Waals surface area contributed by atoms with Crippen molar-refractivity contribution >= 4 is 51.5 Å². The lowest BCUT2D eigenvalue weighted by Gasteiger charge is -2.08. The van der Waals surface area contributed by atoms with Gasteiger partial charge in [-0.2, -0.15) is 0 Å². The van der Waals surface area contributed by atoms with E-state index in [-0.39, 0.29) is 0 Å². The Morgan fingerprint density at radius 2 is 2.50 bits per heavy atom. The van der Waals surface area contributed by atoms with E-state index in [2.05, 4.69) is 55.5 Å². The van der Waals surface area contributed by atoms with Gasteiger partial charge in [-0.15, -0.1) is 0 Å². The molecule has 0 aromatic heterocycles. The summed E-state index contributed by atoms with van der Waals surface area (Å²) in [5.74, 6) is 0. The van der Waals surface area contributed by atoms with Crippen molar-refractivity contribution in [3.8, 4) is 0 Å². The van der Waals surface area contributed by atoms with Crippen LogP contribution in [-0.4, -0.2) is 20.9 Å². The molecule has 0 aliphatic carbocycles. The molecule has 0 bridgehead atoms. The minimum atomic E-state index is 0.566.